The number of hydrogen-bond acceptors (Lipinski definition) is 8. The summed E-state index contributed by atoms with van der Waals surface area (Å²) in [5.41, 5.74) is 4.87. The van der Waals surface area contributed by atoms with Crippen LogP contribution < -0.4 is 20.4 Å². The summed E-state index contributed by atoms with van der Waals surface area (Å²) in [5.74, 6) is 0.0217. The predicted octanol–water partition coefficient (Wildman–Crippen LogP) is 5.69. The van der Waals surface area contributed by atoms with Gasteiger partial charge in [-0.1, -0.05) is 48.5 Å². The van der Waals surface area contributed by atoms with E-state index in [9.17, 15) is 8.78 Å². The Labute approximate surface area is 245 Å². The maximum absolute atomic E-state index is 13.6. The van der Waals surface area contributed by atoms with Gasteiger partial charge in [-0.15, -0.1) is 0 Å². The third-order valence-corrected chi connectivity index (χ3v) is 7.76. The molecule has 0 atom stereocenters. The number of anilines is 4. The Balaban J connectivity index is 0.990. The molecular formula is C32H36F2N8. The summed E-state index contributed by atoms with van der Waals surface area (Å²) in [6, 6.07) is 20.9. The minimum atomic E-state index is -2.66. The Morgan fingerprint density at radius 2 is 1.33 bits per heavy atom. The number of halogens is 2. The number of rotatable bonds is 12. The Kier molecular flexibility index (Phi) is 8.39. The second kappa shape index (κ2) is 12.7. The van der Waals surface area contributed by atoms with Crippen molar-refractivity contribution in [1.29, 1.82) is 0 Å². The van der Waals surface area contributed by atoms with E-state index in [0.717, 1.165) is 44.7 Å². The molecule has 2 aliphatic heterocycles. The Bertz CT molecular complexity index is 1490. The van der Waals surface area contributed by atoms with E-state index in [0.29, 0.717) is 30.8 Å². The second-order valence-corrected chi connectivity index (χ2v) is 11.0. The molecule has 6 rings (SSSR count). The van der Waals surface area contributed by atoms with Gasteiger partial charge in [-0.25, -0.2) is 18.7 Å². The van der Waals surface area contributed by atoms with Gasteiger partial charge in [-0.05, 0) is 60.1 Å². The van der Waals surface area contributed by atoms with Gasteiger partial charge in [0.1, 0.15) is 11.6 Å². The van der Waals surface area contributed by atoms with Gasteiger partial charge < -0.3 is 20.4 Å². The Morgan fingerprint density at radius 3 is 1.93 bits per heavy atom. The molecule has 0 unspecified atom stereocenters. The van der Waals surface area contributed by atoms with E-state index in [-0.39, 0.29) is 13.0 Å². The highest BCUT2D eigenvalue weighted by molar-refractivity contribution is 5.65. The maximum Gasteiger partial charge on any atom is 0.266 e. The van der Waals surface area contributed by atoms with Gasteiger partial charge in [0.25, 0.3) is 5.92 Å². The molecule has 0 aliphatic carbocycles. The van der Waals surface area contributed by atoms with Gasteiger partial charge in [0.15, 0.2) is 0 Å². The smallest absolute Gasteiger partial charge is 0.266 e. The van der Waals surface area contributed by atoms with Crippen LogP contribution in [0.25, 0.3) is 11.1 Å². The van der Waals surface area contributed by atoms with E-state index < -0.39 is 5.92 Å². The lowest BCUT2D eigenvalue weighted by atomic mass is 9.98. The van der Waals surface area contributed by atoms with Gasteiger partial charge >= 0.3 is 0 Å². The molecule has 2 aromatic heterocycles. The molecule has 2 aliphatic rings. The van der Waals surface area contributed by atoms with Crippen molar-refractivity contribution in [3.8, 4) is 11.1 Å². The van der Waals surface area contributed by atoms with Gasteiger partial charge in [0, 0.05) is 51.5 Å². The summed E-state index contributed by atoms with van der Waals surface area (Å²) in [7, 11) is 0. The highest BCUT2D eigenvalue weighted by Gasteiger charge is 2.38. The van der Waals surface area contributed by atoms with Crippen LogP contribution in [-0.4, -0.2) is 65.1 Å². The standard InChI is InChI=1S/C32H36F2N8/c33-32(34)13-20-42(23-32)29-12-17-38-31(40-29)36-15-10-25-6-2-9-27(22-25)26-8-1-5-24(21-26)7-3-14-35-30-37-16-11-28(39-30)41-18-4-19-41/h1-2,5-6,8-9,11-12,16-17,21-22H,3-4,7,10,13-15,18-20,23H2,(H,35,37,39)(H,36,38,40). The molecule has 0 bridgehead atoms. The van der Waals surface area contributed by atoms with Crippen molar-refractivity contribution in [3.63, 3.8) is 0 Å². The highest BCUT2D eigenvalue weighted by Crippen LogP contribution is 2.30. The van der Waals surface area contributed by atoms with Crippen LogP contribution in [0.4, 0.5) is 32.3 Å². The van der Waals surface area contributed by atoms with Crippen LogP contribution in [0.3, 0.4) is 0 Å². The fourth-order valence-corrected chi connectivity index (χ4v) is 5.32. The molecule has 4 aromatic rings. The summed E-state index contributed by atoms with van der Waals surface area (Å²) in [6.45, 7) is 3.60. The monoisotopic (exact) mass is 570 g/mol. The van der Waals surface area contributed by atoms with Crippen LogP contribution in [0.2, 0.25) is 0 Å². The maximum atomic E-state index is 13.6. The highest BCUT2D eigenvalue weighted by atomic mass is 19.3. The zero-order valence-corrected chi connectivity index (χ0v) is 23.6. The fourth-order valence-electron chi connectivity index (χ4n) is 5.32. The van der Waals surface area contributed by atoms with Crippen molar-refractivity contribution in [2.45, 2.75) is 38.0 Å². The number of nitrogens with zero attached hydrogens (tertiary/aromatic N) is 6. The largest absolute Gasteiger partial charge is 0.356 e. The summed E-state index contributed by atoms with van der Waals surface area (Å²) in [6.07, 6.45) is 7.26. The Morgan fingerprint density at radius 1 is 0.714 bits per heavy atom. The molecule has 4 heterocycles. The molecule has 8 nitrogen and oxygen atoms in total. The molecule has 2 fully saturated rings. The first kappa shape index (κ1) is 27.8. The zero-order valence-electron chi connectivity index (χ0n) is 23.6. The van der Waals surface area contributed by atoms with E-state index in [1.807, 2.05) is 12.3 Å². The van der Waals surface area contributed by atoms with Crippen molar-refractivity contribution in [1.82, 2.24) is 19.9 Å². The predicted molar refractivity (Wildman–Crippen MR) is 164 cm³/mol. The van der Waals surface area contributed by atoms with E-state index in [2.05, 4.69) is 84.0 Å². The Hall–Kier alpha value is -4.34. The van der Waals surface area contributed by atoms with Gasteiger partial charge in [-0.3, -0.25) is 0 Å². The van der Waals surface area contributed by atoms with Gasteiger partial charge in [-0.2, -0.15) is 9.97 Å². The first-order valence-corrected chi connectivity index (χ1v) is 14.7. The number of aromatic nitrogens is 4. The molecular weight excluding hydrogens is 534 g/mol. The summed E-state index contributed by atoms with van der Waals surface area (Å²) < 4.78 is 27.2. The van der Waals surface area contributed by atoms with Crippen LogP contribution in [0.1, 0.15) is 30.4 Å². The summed E-state index contributed by atoms with van der Waals surface area (Å²) in [4.78, 5) is 21.6. The number of hydrogen-bond donors (Lipinski definition) is 2. The van der Waals surface area contributed by atoms with Crippen LogP contribution in [0.5, 0.6) is 0 Å². The molecule has 2 N–H and O–H groups in total. The molecule has 0 radical (unpaired) electrons. The van der Waals surface area contributed by atoms with Crippen LogP contribution in [0, 0.1) is 0 Å². The number of nitrogens with one attached hydrogen (secondary N) is 2. The van der Waals surface area contributed by atoms with E-state index in [1.54, 1.807) is 17.2 Å². The average Bonchev–Trinajstić information content (AvgIpc) is 3.35. The molecule has 42 heavy (non-hydrogen) atoms. The van der Waals surface area contributed by atoms with Crippen molar-refractivity contribution >= 4 is 23.5 Å². The third kappa shape index (κ3) is 7.10. The molecule has 2 aromatic carbocycles. The number of benzene rings is 2. The van der Waals surface area contributed by atoms with Crippen molar-refractivity contribution in [3.05, 3.63) is 84.2 Å². The van der Waals surface area contributed by atoms with Crippen molar-refractivity contribution < 1.29 is 8.78 Å². The van der Waals surface area contributed by atoms with Crippen LogP contribution in [-0.2, 0) is 12.8 Å². The van der Waals surface area contributed by atoms with Crippen molar-refractivity contribution in [2.24, 2.45) is 0 Å². The topological polar surface area (TPSA) is 82.1 Å². The first-order chi connectivity index (χ1) is 20.5. The number of alkyl halides is 2. The quantitative estimate of drug-likeness (QED) is 0.210. The fraction of sp³-hybridized carbons (Fsp3) is 0.375. The molecule has 10 heteroatoms. The lowest BCUT2D eigenvalue weighted by Crippen LogP contribution is -2.37. The normalized spacial score (nSPS) is 15.9. The van der Waals surface area contributed by atoms with Crippen LogP contribution in [0.15, 0.2) is 73.1 Å². The molecule has 218 valence electrons. The molecule has 0 amide bonds. The second-order valence-electron chi connectivity index (χ2n) is 11.0. The van der Waals surface area contributed by atoms with E-state index >= 15 is 0 Å². The minimum absolute atomic E-state index is 0.139. The van der Waals surface area contributed by atoms with Crippen molar-refractivity contribution in [2.75, 3.05) is 59.7 Å². The molecule has 0 saturated carbocycles. The van der Waals surface area contributed by atoms with Gasteiger partial charge in [0.2, 0.25) is 11.9 Å². The SMILES string of the molecule is FC1(F)CCN(c2ccnc(NCCc3cccc(-c4cccc(CCCNc5nccc(N6CCC6)n5)c4)c3)n2)C1. The number of aryl methyl sites for hydroxylation is 1. The lowest BCUT2D eigenvalue weighted by Gasteiger charge is -2.31. The van der Waals surface area contributed by atoms with E-state index in [4.69, 9.17) is 0 Å². The zero-order chi connectivity index (χ0) is 28.8. The lowest BCUT2D eigenvalue weighted by molar-refractivity contribution is 0.0256. The average molecular weight is 571 g/mol. The molecule has 2 saturated heterocycles. The van der Waals surface area contributed by atoms with E-state index in [1.165, 1.54) is 28.7 Å². The third-order valence-electron chi connectivity index (χ3n) is 7.76. The summed E-state index contributed by atoms with van der Waals surface area (Å²) in [5, 5.41) is 6.61. The molecule has 0 spiro atoms. The first-order valence-electron chi connectivity index (χ1n) is 14.7. The summed E-state index contributed by atoms with van der Waals surface area (Å²) >= 11 is 0. The van der Waals surface area contributed by atoms with Crippen LogP contribution >= 0.6 is 0 Å². The minimum Gasteiger partial charge on any atom is -0.356 e. The van der Waals surface area contributed by atoms with Gasteiger partial charge in [0.05, 0.1) is 6.54 Å².